The highest BCUT2D eigenvalue weighted by Crippen LogP contribution is 1.98. The number of nitrogens with zero attached hydrogens (tertiary/aromatic N) is 1. The Morgan fingerprint density at radius 1 is 1.88 bits per heavy atom. The van der Waals surface area contributed by atoms with Crippen molar-refractivity contribution in [2.75, 3.05) is 5.73 Å². The Morgan fingerprint density at radius 2 is 2.62 bits per heavy atom. The molecule has 0 aliphatic heterocycles. The Balaban J connectivity index is 3.09. The predicted octanol–water partition coefficient (Wildman–Crippen LogP) is 0.340. The first-order valence-corrected chi connectivity index (χ1v) is 2.55. The summed E-state index contributed by atoms with van der Waals surface area (Å²) in [5.74, 6) is 0.458. The van der Waals surface area contributed by atoms with Gasteiger partial charge in [0.2, 0.25) is 0 Å². The molecule has 0 spiro atoms. The summed E-state index contributed by atoms with van der Waals surface area (Å²) in [5, 5.41) is 1.46. The third-order valence-corrected chi connectivity index (χ3v) is 1.05. The molecular weight excluding hydrogens is 122 g/mol. The lowest BCUT2D eigenvalue weighted by atomic mass is 10.5. The molecule has 1 rings (SSSR count). The third kappa shape index (κ3) is 0.696. The SMILES string of the molecule is Nc1nc[nH]c1C=S. The zero-order valence-electron chi connectivity index (χ0n) is 4.09. The lowest BCUT2D eigenvalue weighted by Crippen LogP contribution is -1.88. The molecule has 3 nitrogen and oxygen atoms in total. The first kappa shape index (κ1) is 5.24. The number of nitrogen functional groups attached to an aromatic ring is 1. The number of aromatic amines is 1. The van der Waals surface area contributed by atoms with E-state index in [0.717, 1.165) is 0 Å². The molecule has 1 heterocycles. The van der Waals surface area contributed by atoms with Crippen LogP contribution in [0.4, 0.5) is 5.82 Å². The van der Waals surface area contributed by atoms with E-state index in [4.69, 9.17) is 5.73 Å². The van der Waals surface area contributed by atoms with Crippen LogP contribution in [0.1, 0.15) is 5.69 Å². The summed E-state index contributed by atoms with van der Waals surface area (Å²) >= 11 is 4.58. The van der Waals surface area contributed by atoms with Crippen molar-refractivity contribution in [2.45, 2.75) is 0 Å². The quantitative estimate of drug-likeness (QED) is 0.535. The van der Waals surface area contributed by atoms with Gasteiger partial charge in [-0.2, -0.15) is 0 Å². The van der Waals surface area contributed by atoms with E-state index in [9.17, 15) is 0 Å². The van der Waals surface area contributed by atoms with E-state index >= 15 is 0 Å². The highest BCUT2D eigenvalue weighted by atomic mass is 32.1. The summed E-state index contributed by atoms with van der Waals surface area (Å²) in [6.45, 7) is 0. The van der Waals surface area contributed by atoms with Gasteiger partial charge in [0, 0.05) is 5.37 Å². The lowest BCUT2D eigenvalue weighted by molar-refractivity contribution is 1.31. The normalized spacial score (nSPS) is 9.00. The highest BCUT2D eigenvalue weighted by Gasteiger charge is 1.92. The third-order valence-electron chi connectivity index (χ3n) is 0.817. The van der Waals surface area contributed by atoms with Gasteiger partial charge in [-0.15, -0.1) is 0 Å². The van der Waals surface area contributed by atoms with Gasteiger partial charge < -0.3 is 10.7 Å². The first-order valence-electron chi connectivity index (χ1n) is 2.08. The van der Waals surface area contributed by atoms with Crippen molar-refractivity contribution < 1.29 is 0 Å². The van der Waals surface area contributed by atoms with Crippen molar-refractivity contribution in [3.63, 3.8) is 0 Å². The summed E-state index contributed by atoms with van der Waals surface area (Å²) in [5.41, 5.74) is 6.02. The standard InChI is InChI=1S/C4H5N3S/c5-4-3(1-8)6-2-7-4/h1-2H,5H2,(H,6,7). The molecule has 3 N–H and O–H groups in total. The van der Waals surface area contributed by atoms with E-state index in [1.807, 2.05) is 0 Å². The number of nitrogens with one attached hydrogen (secondary N) is 1. The highest BCUT2D eigenvalue weighted by molar-refractivity contribution is 7.79. The van der Waals surface area contributed by atoms with Gasteiger partial charge >= 0.3 is 0 Å². The maximum atomic E-state index is 5.31. The largest absolute Gasteiger partial charge is 0.382 e. The van der Waals surface area contributed by atoms with Gasteiger partial charge in [0.15, 0.2) is 0 Å². The fraction of sp³-hybridized carbons (Fsp3) is 0. The number of hydrogen-bond acceptors (Lipinski definition) is 3. The van der Waals surface area contributed by atoms with E-state index < -0.39 is 0 Å². The van der Waals surface area contributed by atoms with Gasteiger partial charge in [-0.1, -0.05) is 12.2 Å². The number of aromatic nitrogens is 2. The monoisotopic (exact) mass is 127 g/mol. The average Bonchev–Trinajstić information content (AvgIpc) is 2.14. The predicted molar refractivity (Wildman–Crippen MR) is 35.8 cm³/mol. The van der Waals surface area contributed by atoms with E-state index in [-0.39, 0.29) is 0 Å². The maximum absolute atomic E-state index is 5.31. The fourth-order valence-corrected chi connectivity index (χ4v) is 0.598. The van der Waals surface area contributed by atoms with Crippen molar-refractivity contribution in [3.8, 4) is 0 Å². The number of thiocarbonyl (C=S) groups is 1. The summed E-state index contributed by atoms with van der Waals surface area (Å²) < 4.78 is 0. The Kier molecular flexibility index (Phi) is 1.26. The van der Waals surface area contributed by atoms with E-state index in [0.29, 0.717) is 11.5 Å². The molecule has 0 aliphatic rings. The molecule has 0 unspecified atom stereocenters. The van der Waals surface area contributed by atoms with Gasteiger partial charge in [-0.3, -0.25) is 0 Å². The summed E-state index contributed by atoms with van der Waals surface area (Å²) in [4.78, 5) is 6.47. The fourth-order valence-electron chi connectivity index (χ4n) is 0.409. The number of hydrogen-bond donors (Lipinski definition) is 2. The Bertz CT molecular complexity index is 193. The van der Waals surface area contributed by atoms with Gasteiger partial charge in [-0.25, -0.2) is 4.98 Å². The Hall–Kier alpha value is -0.900. The summed E-state index contributed by atoms with van der Waals surface area (Å²) in [7, 11) is 0. The smallest absolute Gasteiger partial charge is 0.149 e. The number of H-pyrrole nitrogens is 1. The van der Waals surface area contributed by atoms with Crippen molar-refractivity contribution in [1.82, 2.24) is 9.97 Å². The van der Waals surface area contributed by atoms with Crippen LogP contribution in [0.2, 0.25) is 0 Å². The molecule has 1 aromatic heterocycles. The maximum Gasteiger partial charge on any atom is 0.149 e. The number of imidazole rings is 1. The molecule has 4 heteroatoms. The first-order chi connectivity index (χ1) is 3.84. The zero-order chi connectivity index (χ0) is 5.98. The molecule has 1 aromatic rings. The molecule has 0 amide bonds. The van der Waals surface area contributed by atoms with E-state index in [2.05, 4.69) is 22.2 Å². The number of nitrogens with two attached hydrogens (primary N) is 1. The number of rotatable bonds is 1. The second-order valence-electron chi connectivity index (χ2n) is 1.32. The van der Waals surface area contributed by atoms with Gasteiger partial charge in [-0.05, 0) is 0 Å². The van der Waals surface area contributed by atoms with E-state index in [1.54, 1.807) is 0 Å². The van der Waals surface area contributed by atoms with Gasteiger partial charge in [0.1, 0.15) is 5.82 Å². The van der Waals surface area contributed by atoms with Crippen molar-refractivity contribution in [2.24, 2.45) is 0 Å². The molecule has 42 valence electrons. The topological polar surface area (TPSA) is 54.7 Å². The molecule has 0 saturated heterocycles. The van der Waals surface area contributed by atoms with Crippen LogP contribution in [0.3, 0.4) is 0 Å². The summed E-state index contributed by atoms with van der Waals surface area (Å²) in [6.07, 6.45) is 1.51. The minimum absolute atomic E-state index is 0.458. The summed E-state index contributed by atoms with van der Waals surface area (Å²) in [6, 6.07) is 0. The molecule has 8 heavy (non-hydrogen) atoms. The molecule has 0 bridgehead atoms. The Morgan fingerprint density at radius 3 is 2.88 bits per heavy atom. The van der Waals surface area contributed by atoms with Crippen LogP contribution in [0.15, 0.2) is 6.33 Å². The Labute approximate surface area is 51.9 Å². The van der Waals surface area contributed by atoms with Crippen molar-refractivity contribution >= 4 is 23.4 Å². The molecule has 0 fully saturated rings. The van der Waals surface area contributed by atoms with Crippen molar-refractivity contribution in [3.05, 3.63) is 12.0 Å². The van der Waals surface area contributed by atoms with Gasteiger partial charge in [0.05, 0.1) is 12.0 Å². The van der Waals surface area contributed by atoms with Gasteiger partial charge in [0.25, 0.3) is 0 Å². The lowest BCUT2D eigenvalue weighted by Gasteiger charge is -1.81. The number of anilines is 1. The van der Waals surface area contributed by atoms with Crippen LogP contribution >= 0.6 is 12.2 Å². The van der Waals surface area contributed by atoms with Crippen LogP contribution in [-0.4, -0.2) is 15.3 Å². The van der Waals surface area contributed by atoms with E-state index in [1.165, 1.54) is 11.7 Å². The molecular formula is C4H5N3S. The second-order valence-corrected chi connectivity index (χ2v) is 1.56. The molecule has 0 radical (unpaired) electrons. The zero-order valence-corrected chi connectivity index (χ0v) is 4.90. The second kappa shape index (κ2) is 1.92. The minimum atomic E-state index is 0.458. The van der Waals surface area contributed by atoms with Crippen LogP contribution < -0.4 is 5.73 Å². The van der Waals surface area contributed by atoms with Crippen LogP contribution in [0, 0.1) is 0 Å². The molecule has 0 aliphatic carbocycles. The minimum Gasteiger partial charge on any atom is -0.382 e. The van der Waals surface area contributed by atoms with Crippen LogP contribution in [-0.2, 0) is 0 Å². The molecule has 0 aromatic carbocycles. The van der Waals surface area contributed by atoms with Crippen LogP contribution in [0.25, 0.3) is 0 Å². The molecule has 0 saturated carbocycles. The average molecular weight is 127 g/mol. The van der Waals surface area contributed by atoms with Crippen molar-refractivity contribution in [1.29, 1.82) is 0 Å². The molecule has 0 atom stereocenters. The van der Waals surface area contributed by atoms with Crippen LogP contribution in [0.5, 0.6) is 0 Å².